The molecule has 1 aromatic carbocycles. The molecular formula is C18H19FN4O2S. The van der Waals surface area contributed by atoms with Crippen LogP contribution in [0.1, 0.15) is 28.0 Å². The molecule has 8 heteroatoms. The predicted octanol–water partition coefficient (Wildman–Crippen LogP) is 2.59. The molecule has 3 rings (SSSR count). The first-order chi connectivity index (χ1) is 12.4. The molecule has 1 N–H and O–H groups in total. The quantitative estimate of drug-likeness (QED) is 0.745. The normalized spacial score (nSPS) is 10.9. The zero-order valence-electron chi connectivity index (χ0n) is 14.7. The molecule has 0 spiro atoms. The number of anilines is 1. The third-order valence-corrected chi connectivity index (χ3v) is 4.92. The van der Waals surface area contributed by atoms with Gasteiger partial charge in [0.25, 0.3) is 11.5 Å². The number of carbonyl (C=O) groups is 1. The van der Waals surface area contributed by atoms with Crippen molar-refractivity contribution in [3.8, 4) is 0 Å². The van der Waals surface area contributed by atoms with Gasteiger partial charge in [-0.25, -0.2) is 13.8 Å². The Morgan fingerprint density at radius 2 is 2.04 bits per heavy atom. The summed E-state index contributed by atoms with van der Waals surface area (Å²) in [6.07, 6.45) is 0. The van der Waals surface area contributed by atoms with E-state index in [2.05, 4.69) is 10.3 Å². The number of thiazole rings is 1. The van der Waals surface area contributed by atoms with Gasteiger partial charge in [0.2, 0.25) is 0 Å². The number of nitrogens with zero attached hydrogens (tertiary/aromatic N) is 3. The van der Waals surface area contributed by atoms with Gasteiger partial charge in [0.05, 0.1) is 12.2 Å². The topological polar surface area (TPSA) is 66.7 Å². The Bertz CT molecular complexity index is 1010. The Labute approximate surface area is 153 Å². The van der Waals surface area contributed by atoms with Crippen LogP contribution in [-0.4, -0.2) is 28.9 Å². The fraction of sp³-hybridized carbons (Fsp3) is 0.278. The second kappa shape index (κ2) is 7.25. The fourth-order valence-corrected chi connectivity index (χ4v) is 3.73. The van der Waals surface area contributed by atoms with E-state index in [-0.39, 0.29) is 17.3 Å². The molecular weight excluding hydrogens is 355 g/mol. The van der Waals surface area contributed by atoms with Gasteiger partial charge in [0, 0.05) is 30.2 Å². The Morgan fingerprint density at radius 1 is 1.35 bits per heavy atom. The third-order valence-electron chi connectivity index (χ3n) is 3.96. The van der Waals surface area contributed by atoms with Crippen LogP contribution < -0.4 is 15.8 Å². The van der Waals surface area contributed by atoms with Crippen molar-refractivity contribution in [3.05, 3.63) is 62.8 Å². The highest BCUT2D eigenvalue weighted by atomic mass is 32.1. The molecule has 0 atom stereocenters. The Hall–Kier alpha value is -2.74. The van der Waals surface area contributed by atoms with Crippen molar-refractivity contribution in [3.63, 3.8) is 0 Å². The Balaban J connectivity index is 1.95. The van der Waals surface area contributed by atoms with Crippen LogP contribution in [0, 0.1) is 12.7 Å². The van der Waals surface area contributed by atoms with Crippen molar-refractivity contribution in [2.75, 3.05) is 18.5 Å². The van der Waals surface area contributed by atoms with Crippen molar-refractivity contribution in [2.45, 2.75) is 20.4 Å². The maximum absolute atomic E-state index is 13.1. The lowest BCUT2D eigenvalue weighted by molar-refractivity contribution is 0.0949. The third kappa shape index (κ3) is 3.45. The van der Waals surface area contributed by atoms with E-state index in [9.17, 15) is 14.0 Å². The highest BCUT2D eigenvalue weighted by Crippen LogP contribution is 2.21. The van der Waals surface area contributed by atoms with Crippen molar-refractivity contribution in [1.82, 2.24) is 14.7 Å². The number of amides is 1. The van der Waals surface area contributed by atoms with Gasteiger partial charge in [-0.15, -0.1) is 11.3 Å². The van der Waals surface area contributed by atoms with Crippen LogP contribution in [0.15, 0.2) is 35.1 Å². The number of halogens is 1. The number of aromatic nitrogens is 2. The smallest absolute Gasteiger partial charge is 0.269 e. The summed E-state index contributed by atoms with van der Waals surface area (Å²) in [5.41, 5.74) is 1.45. The van der Waals surface area contributed by atoms with Gasteiger partial charge in [0.15, 0.2) is 4.96 Å². The number of aryl methyl sites for hydroxylation is 1. The van der Waals surface area contributed by atoms with E-state index in [0.29, 0.717) is 29.4 Å². The summed E-state index contributed by atoms with van der Waals surface area (Å²) in [6.45, 7) is 4.50. The lowest BCUT2D eigenvalue weighted by atomic mass is 10.2. The van der Waals surface area contributed by atoms with Crippen molar-refractivity contribution >= 4 is 27.9 Å². The van der Waals surface area contributed by atoms with Gasteiger partial charge in [-0.2, -0.15) is 0 Å². The monoisotopic (exact) mass is 374 g/mol. The SMILES string of the molecule is CCNC(=O)c1c(C)sc2nc(CN(C)c3ccc(F)cc3)cc(=O)n12. The second-order valence-corrected chi connectivity index (χ2v) is 7.08. The summed E-state index contributed by atoms with van der Waals surface area (Å²) in [4.78, 5) is 32.5. The molecule has 1 amide bonds. The minimum atomic E-state index is -0.299. The summed E-state index contributed by atoms with van der Waals surface area (Å²) in [6, 6.07) is 7.55. The maximum Gasteiger partial charge on any atom is 0.269 e. The molecule has 26 heavy (non-hydrogen) atoms. The second-order valence-electron chi connectivity index (χ2n) is 5.90. The van der Waals surface area contributed by atoms with E-state index in [1.807, 2.05) is 18.9 Å². The summed E-state index contributed by atoms with van der Waals surface area (Å²) in [7, 11) is 1.84. The average Bonchev–Trinajstić information content (AvgIpc) is 2.92. The van der Waals surface area contributed by atoms with Gasteiger partial charge >= 0.3 is 0 Å². The highest BCUT2D eigenvalue weighted by molar-refractivity contribution is 7.17. The molecule has 3 aromatic rings. The first-order valence-corrected chi connectivity index (χ1v) is 8.99. The largest absolute Gasteiger partial charge is 0.369 e. The fourth-order valence-electron chi connectivity index (χ4n) is 2.74. The molecule has 136 valence electrons. The highest BCUT2D eigenvalue weighted by Gasteiger charge is 2.19. The number of hydrogen-bond acceptors (Lipinski definition) is 5. The minimum Gasteiger partial charge on any atom is -0.369 e. The molecule has 0 aliphatic carbocycles. The van der Waals surface area contributed by atoms with E-state index in [1.54, 1.807) is 19.1 Å². The first kappa shape index (κ1) is 18.1. The van der Waals surface area contributed by atoms with Crippen LogP contribution in [0.25, 0.3) is 4.96 Å². The maximum atomic E-state index is 13.1. The molecule has 0 aliphatic heterocycles. The van der Waals surface area contributed by atoms with E-state index in [1.165, 1.54) is 33.9 Å². The van der Waals surface area contributed by atoms with E-state index in [0.717, 1.165) is 10.6 Å². The van der Waals surface area contributed by atoms with Crippen LogP contribution in [0.2, 0.25) is 0 Å². The van der Waals surface area contributed by atoms with Crippen LogP contribution in [0.4, 0.5) is 10.1 Å². The van der Waals surface area contributed by atoms with E-state index < -0.39 is 0 Å². The zero-order chi connectivity index (χ0) is 18.8. The van der Waals surface area contributed by atoms with Crippen molar-refractivity contribution in [1.29, 1.82) is 0 Å². The standard InChI is InChI=1S/C18H19FN4O2S/c1-4-20-17(25)16-11(2)26-18-21-13(9-15(24)23(16)18)10-22(3)14-7-5-12(19)6-8-14/h5-9H,4,10H2,1-3H3,(H,20,25). The number of nitrogens with one attached hydrogen (secondary N) is 1. The van der Waals surface area contributed by atoms with E-state index >= 15 is 0 Å². The summed E-state index contributed by atoms with van der Waals surface area (Å²) < 4.78 is 14.4. The van der Waals surface area contributed by atoms with Gasteiger partial charge < -0.3 is 10.2 Å². The number of hydrogen-bond donors (Lipinski definition) is 1. The molecule has 6 nitrogen and oxygen atoms in total. The van der Waals surface area contributed by atoms with Gasteiger partial charge in [-0.3, -0.25) is 9.59 Å². The molecule has 0 fully saturated rings. The number of carbonyl (C=O) groups excluding carboxylic acids is 1. The van der Waals surface area contributed by atoms with Crippen molar-refractivity contribution in [2.24, 2.45) is 0 Å². The summed E-state index contributed by atoms with van der Waals surface area (Å²) in [5.74, 6) is -0.580. The molecule has 2 aromatic heterocycles. The average molecular weight is 374 g/mol. The number of fused-ring (bicyclic) bond motifs is 1. The lowest BCUT2D eigenvalue weighted by Gasteiger charge is -2.18. The summed E-state index contributed by atoms with van der Waals surface area (Å²) in [5, 5.41) is 2.72. The summed E-state index contributed by atoms with van der Waals surface area (Å²) >= 11 is 1.31. The Morgan fingerprint density at radius 3 is 2.69 bits per heavy atom. The van der Waals surface area contributed by atoms with Crippen molar-refractivity contribution < 1.29 is 9.18 Å². The molecule has 0 unspecified atom stereocenters. The molecule has 0 bridgehead atoms. The molecule has 0 saturated carbocycles. The number of benzene rings is 1. The van der Waals surface area contributed by atoms with Gasteiger partial charge in [-0.05, 0) is 38.1 Å². The van der Waals surface area contributed by atoms with Crippen LogP contribution in [0.3, 0.4) is 0 Å². The molecule has 2 heterocycles. The van der Waals surface area contributed by atoms with Gasteiger partial charge in [0.1, 0.15) is 11.5 Å². The molecule has 0 saturated heterocycles. The first-order valence-electron chi connectivity index (χ1n) is 8.17. The molecule has 0 aliphatic rings. The molecule has 0 radical (unpaired) electrons. The number of rotatable bonds is 5. The zero-order valence-corrected chi connectivity index (χ0v) is 15.6. The van der Waals surface area contributed by atoms with Crippen LogP contribution >= 0.6 is 11.3 Å². The van der Waals surface area contributed by atoms with E-state index in [4.69, 9.17) is 0 Å². The Kier molecular flexibility index (Phi) is 5.03. The van der Waals surface area contributed by atoms with Crippen LogP contribution in [-0.2, 0) is 6.54 Å². The van der Waals surface area contributed by atoms with Crippen LogP contribution in [0.5, 0.6) is 0 Å². The predicted molar refractivity (Wildman–Crippen MR) is 101 cm³/mol. The minimum absolute atomic E-state index is 0.281. The lowest BCUT2D eigenvalue weighted by Crippen LogP contribution is -2.28. The van der Waals surface area contributed by atoms with Gasteiger partial charge in [-0.1, -0.05) is 0 Å².